The van der Waals surface area contributed by atoms with Crippen LogP contribution in [0.5, 0.6) is 11.5 Å². The van der Waals surface area contributed by atoms with Crippen molar-refractivity contribution >= 4 is 6.08 Å². The lowest BCUT2D eigenvalue weighted by atomic mass is 10.1. The van der Waals surface area contributed by atoms with E-state index in [4.69, 9.17) is 14.2 Å². The molecular weight excluding hydrogens is 242 g/mol. The van der Waals surface area contributed by atoms with Gasteiger partial charge in [-0.2, -0.15) is 0 Å². The highest BCUT2D eigenvalue weighted by molar-refractivity contribution is 5.56. The maximum Gasteiger partial charge on any atom is 0.161 e. The van der Waals surface area contributed by atoms with Crippen molar-refractivity contribution in [3.8, 4) is 11.5 Å². The monoisotopic (exact) mass is 263 g/mol. The molecule has 1 N–H and O–H groups in total. The Hall–Kier alpha value is -1.52. The molecule has 2 atom stereocenters. The van der Waals surface area contributed by atoms with Crippen molar-refractivity contribution in [2.45, 2.75) is 19.0 Å². The third-order valence-corrected chi connectivity index (χ3v) is 3.09. The molecule has 0 amide bonds. The van der Waals surface area contributed by atoms with Crippen LogP contribution in [0.15, 0.2) is 24.3 Å². The molecule has 1 aliphatic rings. The second-order valence-electron chi connectivity index (χ2n) is 4.69. The minimum atomic E-state index is 0.261. The van der Waals surface area contributed by atoms with Crippen LogP contribution in [-0.4, -0.2) is 39.5 Å². The third kappa shape index (κ3) is 3.72. The fourth-order valence-corrected chi connectivity index (χ4v) is 2.13. The van der Waals surface area contributed by atoms with Crippen molar-refractivity contribution in [1.82, 2.24) is 5.32 Å². The number of hydrogen-bond donors (Lipinski definition) is 1. The molecule has 0 radical (unpaired) electrons. The fraction of sp³-hybridized carbons (Fsp3) is 0.467. The maximum atomic E-state index is 5.51. The van der Waals surface area contributed by atoms with Crippen molar-refractivity contribution in [3.63, 3.8) is 0 Å². The van der Waals surface area contributed by atoms with E-state index in [1.54, 1.807) is 14.2 Å². The summed E-state index contributed by atoms with van der Waals surface area (Å²) in [6.07, 6.45) is 4.19. The van der Waals surface area contributed by atoms with Gasteiger partial charge in [-0.15, -0.1) is 0 Å². The van der Waals surface area contributed by atoms with Crippen LogP contribution >= 0.6 is 0 Å². The van der Waals surface area contributed by atoms with E-state index in [-0.39, 0.29) is 6.04 Å². The van der Waals surface area contributed by atoms with Crippen LogP contribution < -0.4 is 14.8 Å². The molecule has 0 aromatic heterocycles. The quantitative estimate of drug-likeness (QED) is 0.903. The van der Waals surface area contributed by atoms with Crippen LogP contribution in [0.4, 0.5) is 0 Å². The Labute approximate surface area is 114 Å². The number of ether oxygens (including phenoxy) is 3. The Morgan fingerprint density at radius 2 is 2.00 bits per heavy atom. The van der Waals surface area contributed by atoms with Gasteiger partial charge >= 0.3 is 0 Å². The largest absolute Gasteiger partial charge is 0.493 e. The topological polar surface area (TPSA) is 39.7 Å². The second kappa shape index (κ2) is 6.59. The first-order chi connectivity index (χ1) is 9.22. The average Bonchev–Trinajstić information content (AvgIpc) is 2.45. The van der Waals surface area contributed by atoms with Gasteiger partial charge in [0.1, 0.15) is 0 Å². The van der Waals surface area contributed by atoms with E-state index in [2.05, 4.69) is 24.4 Å². The molecule has 0 saturated carbocycles. The van der Waals surface area contributed by atoms with Gasteiger partial charge in [0, 0.05) is 12.1 Å². The van der Waals surface area contributed by atoms with Crippen LogP contribution in [0, 0.1) is 0 Å². The molecule has 2 rings (SSSR count). The molecule has 1 aromatic rings. The maximum absolute atomic E-state index is 5.51. The number of hydrogen-bond acceptors (Lipinski definition) is 4. The van der Waals surface area contributed by atoms with Gasteiger partial charge in [0.25, 0.3) is 0 Å². The van der Waals surface area contributed by atoms with Crippen LogP contribution in [0.25, 0.3) is 6.08 Å². The lowest BCUT2D eigenvalue weighted by Gasteiger charge is -2.26. The van der Waals surface area contributed by atoms with E-state index < -0.39 is 0 Å². The lowest BCUT2D eigenvalue weighted by molar-refractivity contribution is 0.0637. The molecule has 19 heavy (non-hydrogen) atoms. The highest BCUT2D eigenvalue weighted by atomic mass is 16.5. The highest BCUT2D eigenvalue weighted by Crippen LogP contribution is 2.28. The normalized spacial score (nSPS) is 23.5. The summed E-state index contributed by atoms with van der Waals surface area (Å²) in [5, 5.41) is 3.47. The van der Waals surface area contributed by atoms with Gasteiger partial charge in [-0.05, 0) is 24.6 Å². The lowest BCUT2D eigenvalue weighted by Crippen LogP contribution is -2.46. The van der Waals surface area contributed by atoms with Crippen molar-refractivity contribution in [2.24, 2.45) is 0 Å². The Morgan fingerprint density at radius 3 is 2.68 bits per heavy atom. The van der Waals surface area contributed by atoms with Gasteiger partial charge in [-0.1, -0.05) is 18.2 Å². The van der Waals surface area contributed by atoms with E-state index in [1.165, 1.54) is 0 Å². The van der Waals surface area contributed by atoms with Crippen molar-refractivity contribution in [1.29, 1.82) is 0 Å². The SMILES string of the molecule is COc1ccc(/C=C/C2COCC(C)N2)cc1OC. The number of benzene rings is 1. The first-order valence-corrected chi connectivity index (χ1v) is 6.47. The molecule has 1 saturated heterocycles. The Balaban J connectivity index is 2.05. The zero-order valence-electron chi connectivity index (χ0n) is 11.7. The van der Waals surface area contributed by atoms with Crippen LogP contribution in [-0.2, 0) is 4.74 Å². The molecule has 0 bridgehead atoms. The first kappa shape index (κ1) is 13.9. The number of rotatable bonds is 4. The summed E-state index contributed by atoms with van der Waals surface area (Å²) in [5.74, 6) is 1.48. The predicted molar refractivity (Wildman–Crippen MR) is 75.8 cm³/mol. The van der Waals surface area contributed by atoms with E-state index >= 15 is 0 Å². The van der Waals surface area contributed by atoms with Gasteiger partial charge in [0.05, 0.1) is 27.4 Å². The van der Waals surface area contributed by atoms with E-state index in [0.29, 0.717) is 12.6 Å². The molecule has 1 heterocycles. The molecule has 4 heteroatoms. The van der Waals surface area contributed by atoms with E-state index in [0.717, 1.165) is 23.7 Å². The first-order valence-electron chi connectivity index (χ1n) is 6.47. The fourth-order valence-electron chi connectivity index (χ4n) is 2.13. The Bertz CT molecular complexity index is 445. The van der Waals surface area contributed by atoms with Gasteiger partial charge in [-0.25, -0.2) is 0 Å². The van der Waals surface area contributed by atoms with Crippen LogP contribution in [0.3, 0.4) is 0 Å². The number of methoxy groups -OCH3 is 2. The molecule has 1 fully saturated rings. The minimum absolute atomic E-state index is 0.261. The summed E-state index contributed by atoms with van der Waals surface area (Å²) >= 11 is 0. The van der Waals surface area contributed by atoms with Crippen molar-refractivity contribution in [2.75, 3.05) is 27.4 Å². The predicted octanol–water partition coefficient (Wildman–Crippen LogP) is 2.09. The summed E-state index contributed by atoms with van der Waals surface area (Å²) in [4.78, 5) is 0. The molecule has 0 spiro atoms. The molecule has 4 nitrogen and oxygen atoms in total. The third-order valence-electron chi connectivity index (χ3n) is 3.09. The van der Waals surface area contributed by atoms with Gasteiger partial charge in [0.15, 0.2) is 11.5 Å². The summed E-state index contributed by atoms with van der Waals surface area (Å²) in [7, 11) is 3.28. The molecule has 1 aliphatic heterocycles. The summed E-state index contributed by atoms with van der Waals surface area (Å²) < 4.78 is 16.0. The minimum Gasteiger partial charge on any atom is -0.493 e. The standard InChI is InChI=1S/C15H21NO3/c1-11-9-19-10-13(16-11)6-4-12-5-7-14(17-2)15(8-12)18-3/h4-8,11,13,16H,9-10H2,1-3H3/b6-4+. The van der Waals surface area contributed by atoms with Gasteiger partial charge in [0.2, 0.25) is 0 Å². The molecule has 0 aliphatic carbocycles. The Kier molecular flexibility index (Phi) is 4.82. The number of nitrogens with one attached hydrogen (secondary N) is 1. The number of morpholine rings is 1. The molecular formula is C15H21NO3. The average molecular weight is 263 g/mol. The van der Waals surface area contributed by atoms with Gasteiger partial charge < -0.3 is 19.5 Å². The highest BCUT2D eigenvalue weighted by Gasteiger charge is 2.15. The van der Waals surface area contributed by atoms with Crippen LogP contribution in [0.2, 0.25) is 0 Å². The smallest absolute Gasteiger partial charge is 0.161 e. The van der Waals surface area contributed by atoms with E-state index in [9.17, 15) is 0 Å². The molecule has 2 unspecified atom stereocenters. The summed E-state index contributed by atoms with van der Waals surface area (Å²) in [6.45, 7) is 3.62. The van der Waals surface area contributed by atoms with Crippen molar-refractivity contribution in [3.05, 3.63) is 29.8 Å². The van der Waals surface area contributed by atoms with Gasteiger partial charge in [-0.3, -0.25) is 0 Å². The van der Waals surface area contributed by atoms with Crippen LogP contribution in [0.1, 0.15) is 12.5 Å². The van der Waals surface area contributed by atoms with Crippen molar-refractivity contribution < 1.29 is 14.2 Å². The molecule has 104 valence electrons. The molecule has 1 aromatic carbocycles. The van der Waals surface area contributed by atoms with E-state index in [1.807, 2.05) is 18.2 Å². The summed E-state index contributed by atoms with van der Waals surface area (Å²) in [6, 6.07) is 6.53. The Morgan fingerprint density at radius 1 is 1.21 bits per heavy atom. The second-order valence-corrected chi connectivity index (χ2v) is 4.69. The summed E-state index contributed by atoms with van der Waals surface area (Å²) in [5.41, 5.74) is 1.08. The zero-order valence-corrected chi connectivity index (χ0v) is 11.7. The zero-order chi connectivity index (χ0) is 13.7.